The zero-order valence-electron chi connectivity index (χ0n) is 16.6. The van der Waals surface area contributed by atoms with Crippen LogP contribution in [0.3, 0.4) is 0 Å². The van der Waals surface area contributed by atoms with E-state index in [9.17, 15) is 8.78 Å². The Balaban J connectivity index is 0.00000136. The summed E-state index contributed by atoms with van der Waals surface area (Å²) in [4.78, 5) is 0. The number of hydrogen-bond donors (Lipinski definition) is 1. The van der Waals surface area contributed by atoms with Gasteiger partial charge in [0.15, 0.2) is 0 Å². The van der Waals surface area contributed by atoms with Crippen molar-refractivity contribution in [2.75, 3.05) is 5.73 Å². The molecule has 0 radical (unpaired) electrons. The molecule has 28 heavy (non-hydrogen) atoms. The first-order chi connectivity index (χ1) is 13.6. The van der Waals surface area contributed by atoms with Crippen LogP contribution in [0.4, 0.5) is 14.5 Å². The van der Waals surface area contributed by atoms with Crippen molar-refractivity contribution in [3.63, 3.8) is 0 Å². The zero-order chi connectivity index (χ0) is 20.5. The molecule has 0 saturated carbocycles. The van der Waals surface area contributed by atoms with E-state index in [-0.39, 0.29) is 5.56 Å². The molecule has 2 N–H and O–H groups in total. The molecule has 0 unspecified atom stereocenters. The van der Waals surface area contributed by atoms with Gasteiger partial charge < -0.3 is 5.73 Å². The van der Waals surface area contributed by atoms with Crippen molar-refractivity contribution >= 4 is 11.8 Å². The molecule has 0 aromatic heterocycles. The Morgan fingerprint density at radius 3 is 2.29 bits per heavy atom. The van der Waals surface area contributed by atoms with E-state index in [1.165, 1.54) is 5.56 Å². The minimum Gasteiger partial charge on any atom is -0.394 e. The van der Waals surface area contributed by atoms with E-state index in [1.54, 1.807) is 0 Å². The first kappa shape index (κ1) is 21.3. The summed E-state index contributed by atoms with van der Waals surface area (Å²) in [6, 6.07) is 8.25. The van der Waals surface area contributed by atoms with Gasteiger partial charge in [-0.3, -0.25) is 0 Å². The summed E-state index contributed by atoms with van der Waals surface area (Å²) in [7, 11) is 0. The third-order valence-electron chi connectivity index (χ3n) is 4.19. The fraction of sp³-hybridized carbons (Fsp3) is 0.280. The minimum atomic E-state index is -0.790. The monoisotopic (exact) mass is 377 g/mol. The minimum absolute atomic E-state index is 0.264. The lowest BCUT2D eigenvalue weighted by Crippen LogP contribution is -1.99. The fourth-order valence-corrected chi connectivity index (χ4v) is 2.77. The Bertz CT molecular complexity index is 972. The molecule has 0 fully saturated rings. The van der Waals surface area contributed by atoms with Crippen molar-refractivity contribution in [1.29, 1.82) is 0 Å². The maximum Gasteiger partial charge on any atom is 0.150 e. The highest BCUT2D eigenvalue weighted by atomic mass is 19.1. The van der Waals surface area contributed by atoms with Crippen molar-refractivity contribution in [3.8, 4) is 23.7 Å². The summed E-state index contributed by atoms with van der Waals surface area (Å²) in [6.45, 7) is 6.12. The number of fused-ring (bicyclic) bond motifs is 1. The summed E-state index contributed by atoms with van der Waals surface area (Å²) in [5.41, 5.74) is 9.41. The summed E-state index contributed by atoms with van der Waals surface area (Å²) in [6.07, 6.45) is 5.97. The molecule has 3 rings (SSSR count). The second-order valence-electron chi connectivity index (χ2n) is 6.24. The molecule has 0 saturated heterocycles. The quantitative estimate of drug-likeness (QED) is 0.471. The molecule has 0 amide bonds. The number of unbranched alkanes of at least 4 members (excludes halogenated alkanes) is 1. The second-order valence-corrected chi connectivity index (χ2v) is 6.24. The number of anilines is 1. The fourth-order valence-electron chi connectivity index (χ4n) is 2.77. The molecule has 2 aromatic carbocycles. The Kier molecular flexibility index (Phi) is 7.85. The smallest absolute Gasteiger partial charge is 0.150 e. The van der Waals surface area contributed by atoms with Gasteiger partial charge in [-0.1, -0.05) is 50.5 Å². The van der Waals surface area contributed by atoms with Gasteiger partial charge in [-0.05, 0) is 60.7 Å². The number of nitrogens with two attached hydrogens (primary N) is 1. The van der Waals surface area contributed by atoms with Gasteiger partial charge in [-0.2, -0.15) is 0 Å². The Morgan fingerprint density at radius 2 is 1.61 bits per heavy atom. The number of benzene rings is 2. The van der Waals surface area contributed by atoms with Gasteiger partial charge in [-0.15, -0.1) is 0 Å². The van der Waals surface area contributed by atoms with E-state index < -0.39 is 17.3 Å². The van der Waals surface area contributed by atoms with E-state index in [0.29, 0.717) is 0 Å². The van der Waals surface area contributed by atoms with Crippen LogP contribution in [0.5, 0.6) is 0 Å². The summed E-state index contributed by atoms with van der Waals surface area (Å²) < 4.78 is 27.0. The van der Waals surface area contributed by atoms with Gasteiger partial charge >= 0.3 is 0 Å². The molecule has 0 atom stereocenters. The maximum atomic E-state index is 13.5. The van der Waals surface area contributed by atoms with Crippen LogP contribution in [0.25, 0.3) is 6.08 Å². The van der Waals surface area contributed by atoms with Crippen molar-refractivity contribution in [3.05, 3.63) is 69.8 Å². The molecule has 0 bridgehead atoms. The van der Waals surface area contributed by atoms with Crippen LogP contribution in [0, 0.1) is 35.3 Å². The van der Waals surface area contributed by atoms with Crippen LogP contribution in [0.15, 0.2) is 35.9 Å². The van der Waals surface area contributed by atoms with E-state index in [2.05, 4.69) is 36.7 Å². The number of hydrogen-bond acceptors (Lipinski definition) is 1. The van der Waals surface area contributed by atoms with Gasteiger partial charge in [0.05, 0.1) is 0 Å². The third-order valence-corrected chi connectivity index (χ3v) is 4.19. The number of allylic oxidation sites excluding steroid dienone is 1. The third kappa shape index (κ3) is 5.48. The first-order valence-electron chi connectivity index (χ1n) is 9.65. The summed E-state index contributed by atoms with van der Waals surface area (Å²) in [5, 5.41) is 0. The molecule has 0 heterocycles. The Labute approximate surface area is 166 Å². The van der Waals surface area contributed by atoms with E-state index in [0.717, 1.165) is 54.5 Å². The summed E-state index contributed by atoms with van der Waals surface area (Å²) >= 11 is 0. The van der Waals surface area contributed by atoms with Crippen molar-refractivity contribution in [1.82, 2.24) is 0 Å². The maximum absolute atomic E-state index is 13.5. The number of aryl methyl sites for hydroxylation is 1. The van der Waals surface area contributed by atoms with Gasteiger partial charge in [0.1, 0.15) is 17.3 Å². The molecule has 144 valence electrons. The van der Waals surface area contributed by atoms with E-state index in [1.807, 2.05) is 32.0 Å². The predicted molar refractivity (Wildman–Crippen MR) is 114 cm³/mol. The highest BCUT2D eigenvalue weighted by molar-refractivity contribution is 5.65. The van der Waals surface area contributed by atoms with Gasteiger partial charge in [0.2, 0.25) is 0 Å². The lowest BCUT2D eigenvalue weighted by molar-refractivity contribution is 0.591. The molecule has 1 aliphatic carbocycles. The molecule has 0 aliphatic heterocycles. The Hall–Kier alpha value is -3.04. The zero-order valence-corrected chi connectivity index (χ0v) is 16.6. The number of halogens is 2. The SMILES string of the molecule is CC.CCCC#CC1=Cc2ccc(C#Cc3cc(F)c(N)c(F)c3)cc2CC1. The van der Waals surface area contributed by atoms with Crippen LogP contribution in [0.1, 0.15) is 62.3 Å². The van der Waals surface area contributed by atoms with Crippen molar-refractivity contribution < 1.29 is 8.78 Å². The first-order valence-corrected chi connectivity index (χ1v) is 9.65. The standard InChI is InChI=1S/C23H19F2N.C2H6/c1-2-3-4-5-16-8-10-20-13-17(9-11-19(20)12-16)6-7-18-14-21(24)23(26)22(25)15-18;1-2/h9,11-15H,2-3,8,10,26H2,1H3;1-2H3. The van der Waals surface area contributed by atoms with Crippen LogP contribution in [0.2, 0.25) is 0 Å². The largest absolute Gasteiger partial charge is 0.394 e. The van der Waals surface area contributed by atoms with Gasteiger partial charge in [-0.25, -0.2) is 8.78 Å². The molecule has 1 nitrogen and oxygen atoms in total. The number of nitrogen functional groups attached to an aromatic ring is 1. The molecule has 0 spiro atoms. The van der Waals surface area contributed by atoms with Gasteiger partial charge in [0.25, 0.3) is 0 Å². The second kappa shape index (κ2) is 10.3. The molecular weight excluding hydrogens is 352 g/mol. The highest BCUT2D eigenvalue weighted by Crippen LogP contribution is 2.24. The Morgan fingerprint density at radius 1 is 0.929 bits per heavy atom. The van der Waals surface area contributed by atoms with E-state index >= 15 is 0 Å². The van der Waals surface area contributed by atoms with Crippen LogP contribution < -0.4 is 5.73 Å². The van der Waals surface area contributed by atoms with Crippen molar-refractivity contribution in [2.24, 2.45) is 0 Å². The predicted octanol–water partition coefficient (Wildman–Crippen LogP) is 6.11. The lowest BCUT2D eigenvalue weighted by Gasteiger charge is -2.13. The van der Waals surface area contributed by atoms with Crippen molar-refractivity contribution in [2.45, 2.75) is 46.5 Å². The topological polar surface area (TPSA) is 26.0 Å². The molecule has 2 aromatic rings. The molecular formula is C25H25F2N. The highest BCUT2D eigenvalue weighted by Gasteiger charge is 2.09. The lowest BCUT2D eigenvalue weighted by atomic mass is 9.91. The van der Waals surface area contributed by atoms with Crippen LogP contribution in [-0.2, 0) is 6.42 Å². The van der Waals surface area contributed by atoms with Gasteiger partial charge in [0, 0.05) is 23.1 Å². The average Bonchev–Trinajstić information content (AvgIpc) is 2.72. The normalized spacial score (nSPS) is 11.5. The van der Waals surface area contributed by atoms with Crippen LogP contribution in [-0.4, -0.2) is 0 Å². The molecule has 3 heteroatoms. The van der Waals surface area contributed by atoms with Crippen LogP contribution >= 0.6 is 0 Å². The number of rotatable bonds is 1. The summed E-state index contributed by atoms with van der Waals surface area (Å²) in [5.74, 6) is 10.6. The average molecular weight is 377 g/mol. The van der Waals surface area contributed by atoms with E-state index in [4.69, 9.17) is 5.73 Å². The molecule has 1 aliphatic rings.